The number of rotatable bonds is 1. The van der Waals surface area contributed by atoms with Crippen molar-refractivity contribution in [2.75, 3.05) is 18.1 Å². The Kier molecular flexibility index (Phi) is 2.59. The molecular formula is C13H16N2O2. The summed E-state index contributed by atoms with van der Waals surface area (Å²) in [7, 11) is 0. The third kappa shape index (κ3) is 1.82. The first kappa shape index (κ1) is 10.7. The van der Waals surface area contributed by atoms with Crippen LogP contribution in [-0.4, -0.2) is 30.1 Å². The molecule has 1 aromatic heterocycles. The van der Waals surface area contributed by atoms with E-state index in [-0.39, 0.29) is 12.0 Å². The van der Waals surface area contributed by atoms with Crippen molar-refractivity contribution in [3.63, 3.8) is 0 Å². The summed E-state index contributed by atoms with van der Waals surface area (Å²) in [5.74, 6) is 0.529. The van der Waals surface area contributed by atoms with Gasteiger partial charge in [-0.1, -0.05) is 0 Å². The Hall–Kier alpha value is -1.42. The second-order valence-corrected chi connectivity index (χ2v) is 4.78. The molecule has 2 aliphatic rings. The second kappa shape index (κ2) is 4.11. The highest BCUT2D eigenvalue weighted by Crippen LogP contribution is 2.32. The van der Waals surface area contributed by atoms with Crippen molar-refractivity contribution in [2.24, 2.45) is 5.92 Å². The van der Waals surface area contributed by atoms with Crippen LogP contribution in [0.1, 0.15) is 18.5 Å². The van der Waals surface area contributed by atoms with Crippen LogP contribution in [0.25, 0.3) is 0 Å². The third-order valence-electron chi connectivity index (χ3n) is 3.65. The molecule has 2 aliphatic heterocycles. The molecule has 0 N–H and O–H groups in total. The maximum atomic E-state index is 12.3. The molecule has 0 aliphatic carbocycles. The minimum Gasteiger partial charge on any atom is -0.368 e. The van der Waals surface area contributed by atoms with Gasteiger partial charge in [-0.3, -0.25) is 9.78 Å². The van der Waals surface area contributed by atoms with Crippen LogP contribution in [0, 0.1) is 12.8 Å². The van der Waals surface area contributed by atoms with Gasteiger partial charge in [0, 0.05) is 18.8 Å². The Morgan fingerprint density at radius 2 is 2.29 bits per heavy atom. The average Bonchev–Trinajstić information content (AvgIpc) is 2.80. The first-order valence-corrected chi connectivity index (χ1v) is 6.11. The van der Waals surface area contributed by atoms with Crippen molar-refractivity contribution in [1.82, 2.24) is 4.98 Å². The molecule has 17 heavy (non-hydrogen) atoms. The second-order valence-electron chi connectivity index (χ2n) is 4.78. The van der Waals surface area contributed by atoms with Gasteiger partial charge in [-0.2, -0.15) is 0 Å². The van der Waals surface area contributed by atoms with Crippen molar-refractivity contribution in [2.45, 2.75) is 25.9 Å². The Labute approximate surface area is 101 Å². The van der Waals surface area contributed by atoms with E-state index in [1.165, 1.54) is 0 Å². The fraction of sp³-hybridized carbons (Fsp3) is 0.538. The molecule has 0 aromatic carbocycles. The summed E-state index contributed by atoms with van der Waals surface area (Å²) >= 11 is 0. The van der Waals surface area contributed by atoms with Crippen molar-refractivity contribution < 1.29 is 9.53 Å². The molecule has 4 nitrogen and oxygen atoms in total. The van der Waals surface area contributed by atoms with E-state index in [1.54, 1.807) is 11.1 Å². The lowest BCUT2D eigenvalue weighted by Crippen LogP contribution is -2.47. The first-order chi connectivity index (χ1) is 8.25. The summed E-state index contributed by atoms with van der Waals surface area (Å²) in [5, 5.41) is 0. The van der Waals surface area contributed by atoms with Crippen molar-refractivity contribution >= 4 is 11.6 Å². The van der Waals surface area contributed by atoms with Crippen LogP contribution in [0.4, 0.5) is 5.69 Å². The number of carbonyl (C=O) groups excluding carboxylic acids is 1. The molecule has 0 bridgehead atoms. The maximum absolute atomic E-state index is 12.3. The Bertz CT molecular complexity index is 430. The largest absolute Gasteiger partial charge is 0.368 e. The van der Waals surface area contributed by atoms with E-state index < -0.39 is 0 Å². The lowest BCUT2D eigenvalue weighted by Gasteiger charge is -2.33. The number of piperidine rings is 1. The van der Waals surface area contributed by atoms with Crippen LogP contribution in [0.3, 0.4) is 0 Å². The predicted octanol–water partition coefficient (Wildman–Crippen LogP) is 1.53. The molecule has 0 radical (unpaired) electrons. The van der Waals surface area contributed by atoms with Crippen LogP contribution < -0.4 is 4.90 Å². The van der Waals surface area contributed by atoms with Gasteiger partial charge in [0.25, 0.3) is 5.91 Å². The van der Waals surface area contributed by atoms with Gasteiger partial charge in [-0.05, 0) is 37.8 Å². The summed E-state index contributed by atoms with van der Waals surface area (Å²) in [6.07, 6.45) is 3.61. The van der Waals surface area contributed by atoms with E-state index in [9.17, 15) is 4.79 Å². The number of fused-ring (bicyclic) bond motifs is 1. The third-order valence-corrected chi connectivity index (χ3v) is 3.65. The van der Waals surface area contributed by atoms with Gasteiger partial charge >= 0.3 is 0 Å². The van der Waals surface area contributed by atoms with Gasteiger partial charge in [0.2, 0.25) is 0 Å². The number of pyridine rings is 1. The molecule has 3 heterocycles. The first-order valence-electron chi connectivity index (χ1n) is 6.11. The SMILES string of the molecule is Cc1ccc(N2CC[C@H]3CCO[C@H]3C2=O)cn1. The van der Waals surface area contributed by atoms with E-state index in [1.807, 2.05) is 19.1 Å². The zero-order chi connectivity index (χ0) is 11.8. The van der Waals surface area contributed by atoms with Gasteiger partial charge in [0.05, 0.1) is 11.9 Å². The summed E-state index contributed by atoms with van der Waals surface area (Å²) in [6.45, 7) is 3.45. The molecule has 3 rings (SSSR count). The van der Waals surface area contributed by atoms with E-state index in [0.717, 1.165) is 37.4 Å². The smallest absolute Gasteiger partial charge is 0.256 e. The lowest BCUT2D eigenvalue weighted by molar-refractivity contribution is -0.130. The van der Waals surface area contributed by atoms with Crippen molar-refractivity contribution in [3.05, 3.63) is 24.0 Å². The van der Waals surface area contributed by atoms with E-state index in [2.05, 4.69) is 4.98 Å². The van der Waals surface area contributed by atoms with E-state index in [0.29, 0.717) is 5.92 Å². The predicted molar refractivity (Wildman–Crippen MR) is 63.8 cm³/mol. The molecule has 90 valence electrons. The van der Waals surface area contributed by atoms with Crippen molar-refractivity contribution in [1.29, 1.82) is 0 Å². The topological polar surface area (TPSA) is 42.4 Å². The number of anilines is 1. The Morgan fingerprint density at radius 1 is 1.41 bits per heavy atom. The maximum Gasteiger partial charge on any atom is 0.256 e. The molecule has 0 unspecified atom stereocenters. The quantitative estimate of drug-likeness (QED) is 0.737. The number of carbonyl (C=O) groups is 1. The minimum atomic E-state index is -0.218. The highest BCUT2D eigenvalue weighted by atomic mass is 16.5. The van der Waals surface area contributed by atoms with Gasteiger partial charge in [-0.25, -0.2) is 0 Å². The molecule has 2 fully saturated rings. The highest BCUT2D eigenvalue weighted by Gasteiger charge is 2.41. The number of ether oxygens (including phenoxy) is 1. The highest BCUT2D eigenvalue weighted by molar-refractivity contribution is 5.97. The lowest BCUT2D eigenvalue weighted by atomic mass is 9.92. The van der Waals surface area contributed by atoms with E-state index >= 15 is 0 Å². The fourth-order valence-corrected chi connectivity index (χ4v) is 2.64. The molecular weight excluding hydrogens is 216 g/mol. The molecule has 1 amide bonds. The zero-order valence-corrected chi connectivity index (χ0v) is 9.93. The number of aryl methyl sites for hydroxylation is 1. The summed E-state index contributed by atoms with van der Waals surface area (Å²) in [6, 6.07) is 3.89. The Morgan fingerprint density at radius 3 is 3.06 bits per heavy atom. The summed E-state index contributed by atoms with van der Waals surface area (Å²) in [4.78, 5) is 18.3. The molecule has 2 saturated heterocycles. The summed E-state index contributed by atoms with van der Waals surface area (Å²) in [5.41, 5.74) is 1.85. The molecule has 4 heteroatoms. The monoisotopic (exact) mass is 232 g/mol. The van der Waals surface area contributed by atoms with Gasteiger partial charge in [-0.15, -0.1) is 0 Å². The van der Waals surface area contributed by atoms with Crippen LogP contribution in [0.15, 0.2) is 18.3 Å². The zero-order valence-electron chi connectivity index (χ0n) is 9.93. The number of amides is 1. The van der Waals surface area contributed by atoms with Gasteiger partial charge < -0.3 is 9.64 Å². The van der Waals surface area contributed by atoms with Crippen LogP contribution >= 0.6 is 0 Å². The Balaban J connectivity index is 1.84. The number of hydrogen-bond acceptors (Lipinski definition) is 3. The molecule has 1 aromatic rings. The van der Waals surface area contributed by atoms with Crippen molar-refractivity contribution in [3.8, 4) is 0 Å². The van der Waals surface area contributed by atoms with Gasteiger partial charge in [0.1, 0.15) is 6.10 Å². The van der Waals surface area contributed by atoms with Crippen LogP contribution in [0.2, 0.25) is 0 Å². The van der Waals surface area contributed by atoms with Crippen LogP contribution in [-0.2, 0) is 9.53 Å². The minimum absolute atomic E-state index is 0.101. The van der Waals surface area contributed by atoms with E-state index in [4.69, 9.17) is 4.74 Å². The number of nitrogens with zero attached hydrogens (tertiary/aromatic N) is 2. The van der Waals surface area contributed by atoms with Crippen LogP contribution in [0.5, 0.6) is 0 Å². The summed E-state index contributed by atoms with van der Waals surface area (Å²) < 4.78 is 5.53. The normalized spacial score (nSPS) is 28.3. The molecule has 0 saturated carbocycles. The molecule has 0 spiro atoms. The fourth-order valence-electron chi connectivity index (χ4n) is 2.64. The average molecular weight is 232 g/mol. The number of aromatic nitrogens is 1. The number of hydrogen-bond donors (Lipinski definition) is 0. The molecule has 2 atom stereocenters. The standard InChI is InChI=1S/C13H16N2O2/c1-9-2-3-11(8-14-9)15-6-4-10-5-7-17-12(10)13(15)16/h2-3,8,10,12H,4-7H2,1H3/t10-,12+/m0/s1. The van der Waals surface area contributed by atoms with Gasteiger partial charge in [0.15, 0.2) is 0 Å².